The maximum absolute atomic E-state index is 9.78. The van der Waals surface area contributed by atoms with E-state index in [-0.39, 0.29) is 6.61 Å². The fraction of sp³-hybridized carbons (Fsp3) is 0.0556. The second-order valence-electron chi connectivity index (χ2n) is 4.58. The first-order chi connectivity index (χ1) is 9.90. The van der Waals surface area contributed by atoms with E-state index < -0.39 is 0 Å². The molecule has 0 aliphatic carbocycles. The van der Waals surface area contributed by atoms with E-state index >= 15 is 0 Å². The van der Waals surface area contributed by atoms with E-state index in [0.717, 1.165) is 27.9 Å². The number of benzene rings is 2. The van der Waals surface area contributed by atoms with Crippen LogP contribution in [-0.2, 0) is 6.61 Å². The number of rotatable bonds is 3. The van der Waals surface area contributed by atoms with Crippen molar-refractivity contribution < 1.29 is 5.11 Å². The Morgan fingerprint density at radius 3 is 1.95 bits per heavy atom. The summed E-state index contributed by atoms with van der Waals surface area (Å²) in [6.07, 6.45) is 1.80. The molecule has 0 amide bonds. The van der Waals surface area contributed by atoms with Gasteiger partial charge in [0.1, 0.15) is 0 Å². The molecule has 0 fully saturated rings. The van der Waals surface area contributed by atoms with E-state index in [9.17, 15) is 5.11 Å². The van der Waals surface area contributed by atoms with E-state index in [2.05, 4.69) is 4.98 Å². The van der Waals surface area contributed by atoms with Gasteiger partial charge < -0.3 is 5.11 Å². The number of aromatic nitrogens is 1. The molecule has 20 heavy (non-hydrogen) atoms. The third-order valence-electron chi connectivity index (χ3n) is 3.35. The second-order valence-corrected chi connectivity index (χ2v) is 4.58. The van der Waals surface area contributed by atoms with E-state index in [1.807, 2.05) is 66.7 Å². The van der Waals surface area contributed by atoms with Crippen molar-refractivity contribution in [2.45, 2.75) is 6.61 Å². The molecule has 0 aliphatic rings. The van der Waals surface area contributed by atoms with E-state index in [1.54, 1.807) is 6.20 Å². The van der Waals surface area contributed by atoms with Crippen molar-refractivity contribution in [2.24, 2.45) is 0 Å². The van der Waals surface area contributed by atoms with Crippen LogP contribution in [0.1, 0.15) is 5.56 Å². The average molecular weight is 261 g/mol. The molecule has 0 aliphatic heterocycles. The zero-order valence-electron chi connectivity index (χ0n) is 11.0. The van der Waals surface area contributed by atoms with Gasteiger partial charge in [0.2, 0.25) is 0 Å². The summed E-state index contributed by atoms with van der Waals surface area (Å²) in [4.78, 5) is 4.45. The number of aliphatic hydroxyl groups is 1. The zero-order valence-corrected chi connectivity index (χ0v) is 11.0. The topological polar surface area (TPSA) is 33.1 Å². The summed E-state index contributed by atoms with van der Waals surface area (Å²) in [5.41, 5.74) is 4.85. The van der Waals surface area contributed by atoms with Crippen LogP contribution in [0.4, 0.5) is 0 Å². The van der Waals surface area contributed by atoms with Gasteiger partial charge in [-0.3, -0.25) is 4.98 Å². The molecule has 2 heteroatoms. The van der Waals surface area contributed by atoms with Gasteiger partial charge in [0.15, 0.2) is 0 Å². The molecule has 1 N–H and O–H groups in total. The molecule has 1 aromatic heterocycles. The number of aliphatic hydroxyl groups excluding tert-OH is 1. The number of hydrogen-bond acceptors (Lipinski definition) is 2. The lowest BCUT2D eigenvalue weighted by molar-refractivity contribution is 0.282. The fourth-order valence-corrected chi connectivity index (χ4v) is 2.39. The molecule has 0 atom stereocenters. The van der Waals surface area contributed by atoms with Crippen LogP contribution in [0.5, 0.6) is 0 Å². The van der Waals surface area contributed by atoms with Gasteiger partial charge in [-0.15, -0.1) is 0 Å². The molecule has 0 saturated heterocycles. The van der Waals surface area contributed by atoms with Crippen LogP contribution in [0.2, 0.25) is 0 Å². The highest BCUT2D eigenvalue weighted by Crippen LogP contribution is 2.30. The van der Waals surface area contributed by atoms with Gasteiger partial charge in [-0.2, -0.15) is 0 Å². The van der Waals surface area contributed by atoms with Gasteiger partial charge in [-0.25, -0.2) is 0 Å². The van der Waals surface area contributed by atoms with Crippen molar-refractivity contribution in [3.63, 3.8) is 0 Å². The highest BCUT2D eigenvalue weighted by molar-refractivity contribution is 5.75. The van der Waals surface area contributed by atoms with Crippen molar-refractivity contribution in [1.82, 2.24) is 4.98 Å². The minimum absolute atomic E-state index is 0.0255. The molecule has 3 aromatic rings. The van der Waals surface area contributed by atoms with Crippen LogP contribution in [0.15, 0.2) is 72.9 Å². The fourth-order valence-electron chi connectivity index (χ4n) is 2.39. The maximum atomic E-state index is 9.78. The van der Waals surface area contributed by atoms with Crippen molar-refractivity contribution in [3.05, 3.63) is 78.5 Å². The Morgan fingerprint density at radius 1 is 0.750 bits per heavy atom. The van der Waals surface area contributed by atoms with Gasteiger partial charge in [-0.1, -0.05) is 60.7 Å². The summed E-state index contributed by atoms with van der Waals surface area (Å²) < 4.78 is 0. The molecule has 0 unspecified atom stereocenters. The third kappa shape index (κ3) is 2.33. The van der Waals surface area contributed by atoms with Crippen LogP contribution in [-0.4, -0.2) is 10.1 Å². The Balaban J connectivity index is 2.19. The lowest BCUT2D eigenvalue weighted by atomic mass is 9.96. The molecule has 0 radical (unpaired) electrons. The molecule has 2 nitrogen and oxygen atoms in total. The second kappa shape index (κ2) is 5.68. The SMILES string of the molecule is OCc1c(-c2ccccc2)ccnc1-c1ccccc1. The van der Waals surface area contributed by atoms with Crippen LogP contribution >= 0.6 is 0 Å². The Kier molecular flexibility index (Phi) is 3.57. The normalized spacial score (nSPS) is 10.4. The average Bonchev–Trinajstić information content (AvgIpc) is 2.55. The Labute approximate surface area is 118 Å². The predicted octanol–water partition coefficient (Wildman–Crippen LogP) is 3.91. The van der Waals surface area contributed by atoms with Crippen LogP contribution in [0, 0.1) is 0 Å². The molecule has 2 aromatic carbocycles. The van der Waals surface area contributed by atoms with Crippen molar-refractivity contribution in [1.29, 1.82) is 0 Å². The Morgan fingerprint density at radius 2 is 1.35 bits per heavy atom. The summed E-state index contributed by atoms with van der Waals surface area (Å²) in [6, 6.07) is 22.0. The monoisotopic (exact) mass is 261 g/mol. The molecular formula is C18H15NO. The summed E-state index contributed by atoms with van der Waals surface area (Å²) >= 11 is 0. The van der Waals surface area contributed by atoms with Crippen LogP contribution in [0.3, 0.4) is 0 Å². The quantitative estimate of drug-likeness (QED) is 0.775. The van der Waals surface area contributed by atoms with Gasteiger partial charge in [0.25, 0.3) is 0 Å². The molecule has 3 rings (SSSR count). The smallest absolute Gasteiger partial charge is 0.0763 e. The highest BCUT2D eigenvalue weighted by Gasteiger charge is 2.11. The largest absolute Gasteiger partial charge is 0.392 e. The summed E-state index contributed by atoms with van der Waals surface area (Å²) in [5, 5.41) is 9.78. The van der Waals surface area contributed by atoms with Crippen molar-refractivity contribution >= 4 is 0 Å². The molecule has 1 heterocycles. The summed E-state index contributed by atoms with van der Waals surface area (Å²) in [6.45, 7) is -0.0255. The minimum atomic E-state index is -0.0255. The lowest BCUT2D eigenvalue weighted by Gasteiger charge is -2.12. The zero-order chi connectivity index (χ0) is 13.8. The standard InChI is InChI=1S/C18H15NO/c20-13-17-16(14-7-3-1-4-8-14)11-12-19-18(17)15-9-5-2-6-10-15/h1-12,20H,13H2. The summed E-state index contributed by atoms with van der Waals surface area (Å²) in [7, 11) is 0. The number of hydrogen-bond donors (Lipinski definition) is 1. The first-order valence-electron chi connectivity index (χ1n) is 6.59. The first kappa shape index (κ1) is 12.6. The number of pyridine rings is 1. The first-order valence-corrected chi connectivity index (χ1v) is 6.59. The van der Waals surface area contributed by atoms with Crippen molar-refractivity contribution in [3.8, 4) is 22.4 Å². The molecule has 0 bridgehead atoms. The van der Waals surface area contributed by atoms with Gasteiger partial charge >= 0.3 is 0 Å². The molecule has 0 spiro atoms. The third-order valence-corrected chi connectivity index (χ3v) is 3.35. The van der Waals surface area contributed by atoms with Crippen molar-refractivity contribution in [2.75, 3.05) is 0 Å². The highest BCUT2D eigenvalue weighted by atomic mass is 16.3. The van der Waals surface area contributed by atoms with Gasteiger partial charge in [0, 0.05) is 17.3 Å². The van der Waals surface area contributed by atoms with E-state index in [0.29, 0.717) is 0 Å². The Hall–Kier alpha value is -2.45. The molecule has 0 saturated carbocycles. The predicted molar refractivity (Wildman–Crippen MR) is 81.0 cm³/mol. The summed E-state index contributed by atoms with van der Waals surface area (Å²) in [5.74, 6) is 0. The van der Waals surface area contributed by atoms with Gasteiger partial charge in [-0.05, 0) is 17.2 Å². The van der Waals surface area contributed by atoms with Crippen LogP contribution in [0.25, 0.3) is 22.4 Å². The lowest BCUT2D eigenvalue weighted by Crippen LogP contribution is -1.96. The minimum Gasteiger partial charge on any atom is -0.392 e. The van der Waals surface area contributed by atoms with Crippen LogP contribution < -0.4 is 0 Å². The number of nitrogens with zero attached hydrogens (tertiary/aromatic N) is 1. The van der Waals surface area contributed by atoms with Gasteiger partial charge in [0.05, 0.1) is 12.3 Å². The molecule has 98 valence electrons. The molecular weight excluding hydrogens is 246 g/mol. The Bertz CT molecular complexity index is 635. The van der Waals surface area contributed by atoms with E-state index in [1.165, 1.54) is 0 Å². The maximum Gasteiger partial charge on any atom is 0.0763 e. The van der Waals surface area contributed by atoms with E-state index in [4.69, 9.17) is 0 Å².